The number of nitrogens with one attached hydrogen (secondary N) is 1. The van der Waals surface area contributed by atoms with Gasteiger partial charge in [0.25, 0.3) is 11.5 Å². The van der Waals surface area contributed by atoms with Crippen molar-refractivity contribution in [1.82, 2.24) is 14.5 Å². The van der Waals surface area contributed by atoms with Crippen LogP contribution >= 0.6 is 0 Å². The number of anilines is 1. The van der Waals surface area contributed by atoms with Crippen molar-refractivity contribution in [3.05, 3.63) is 62.0 Å². The number of benzene rings is 1. The smallest absolute Gasteiger partial charge is 0.332 e. The number of rotatable bonds is 9. The molecule has 0 saturated carbocycles. The molecule has 3 N–H and O–H groups in total. The number of nitrogens with two attached hydrogens (primary N) is 1. The molecule has 1 amide bonds. The van der Waals surface area contributed by atoms with E-state index >= 15 is 0 Å². The van der Waals surface area contributed by atoms with Gasteiger partial charge in [-0.3, -0.25) is 23.5 Å². The number of hydrogen-bond acceptors (Lipinski definition) is 7. The highest BCUT2D eigenvalue weighted by Gasteiger charge is 2.29. The van der Waals surface area contributed by atoms with Crippen LogP contribution in [0, 0.1) is 17.7 Å². The molecule has 0 aliphatic carbocycles. The summed E-state index contributed by atoms with van der Waals surface area (Å²) in [5.41, 5.74) is 3.67. The van der Waals surface area contributed by atoms with E-state index in [2.05, 4.69) is 5.32 Å². The number of hydrogen-bond donors (Lipinski definition) is 2. The van der Waals surface area contributed by atoms with Crippen LogP contribution in [0.1, 0.15) is 48.4 Å². The lowest BCUT2D eigenvalue weighted by atomic mass is 10.0. The van der Waals surface area contributed by atoms with Crippen LogP contribution in [0.2, 0.25) is 0 Å². The van der Waals surface area contributed by atoms with Gasteiger partial charge in [0.2, 0.25) is 5.78 Å². The monoisotopic (exact) mass is 476 g/mol. The van der Waals surface area contributed by atoms with Crippen LogP contribution in [0.15, 0.2) is 33.9 Å². The van der Waals surface area contributed by atoms with Crippen molar-refractivity contribution in [1.29, 1.82) is 0 Å². The normalized spacial score (nSPS) is 12.0. The Kier molecular flexibility index (Phi) is 8.50. The van der Waals surface area contributed by atoms with Crippen molar-refractivity contribution in [3.8, 4) is 0 Å². The summed E-state index contributed by atoms with van der Waals surface area (Å²) in [6.45, 7) is 6.27. The predicted molar refractivity (Wildman–Crippen MR) is 123 cm³/mol. The van der Waals surface area contributed by atoms with Gasteiger partial charge in [-0.2, -0.15) is 0 Å². The van der Waals surface area contributed by atoms with Crippen molar-refractivity contribution in [3.63, 3.8) is 0 Å². The fraction of sp³-hybridized carbons (Fsp3) is 0.435. The molecule has 11 heteroatoms. The largest absolute Gasteiger partial charge is 0.456 e. The minimum Gasteiger partial charge on any atom is -0.456 e. The third-order valence-electron chi connectivity index (χ3n) is 5.08. The Bertz CT molecular complexity index is 1210. The van der Waals surface area contributed by atoms with Gasteiger partial charge in [0.05, 0.1) is 5.56 Å². The van der Waals surface area contributed by atoms with Crippen LogP contribution in [0.25, 0.3) is 0 Å². The van der Waals surface area contributed by atoms with Crippen molar-refractivity contribution in [2.75, 3.05) is 12.3 Å². The fourth-order valence-electron chi connectivity index (χ4n) is 3.25. The first-order valence-corrected chi connectivity index (χ1v) is 10.7. The molecule has 1 aromatic heterocycles. The summed E-state index contributed by atoms with van der Waals surface area (Å²) in [6, 6.07) is 4.09. The highest BCUT2D eigenvalue weighted by atomic mass is 19.1. The molecule has 0 bridgehead atoms. The Morgan fingerprint density at radius 3 is 2.29 bits per heavy atom. The maximum absolute atomic E-state index is 13.9. The number of esters is 1. The third-order valence-corrected chi connectivity index (χ3v) is 5.08. The average molecular weight is 477 g/mol. The Morgan fingerprint density at radius 1 is 1.12 bits per heavy atom. The number of nitrogens with zero attached hydrogens (tertiary/aromatic N) is 2. The number of ether oxygens (including phenoxy) is 1. The second-order valence-electron chi connectivity index (χ2n) is 8.62. The zero-order valence-corrected chi connectivity index (χ0v) is 19.8. The molecule has 10 nitrogen and oxygen atoms in total. The van der Waals surface area contributed by atoms with E-state index in [9.17, 15) is 28.4 Å². The number of carbonyl (C=O) groups is 3. The molecular formula is C23H29FN4O6. The number of amides is 1. The molecule has 1 atom stereocenters. The molecule has 2 aromatic rings. The highest BCUT2D eigenvalue weighted by Crippen LogP contribution is 2.12. The molecule has 0 spiro atoms. The van der Waals surface area contributed by atoms with Crippen molar-refractivity contribution in [2.24, 2.45) is 18.9 Å². The second-order valence-corrected chi connectivity index (χ2v) is 8.62. The molecule has 1 unspecified atom stereocenters. The van der Waals surface area contributed by atoms with Gasteiger partial charge in [-0.25, -0.2) is 14.0 Å². The van der Waals surface area contributed by atoms with Gasteiger partial charge < -0.3 is 15.8 Å². The van der Waals surface area contributed by atoms with Gasteiger partial charge in [-0.1, -0.05) is 39.8 Å². The summed E-state index contributed by atoms with van der Waals surface area (Å²) >= 11 is 0. The third kappa shape index (κ3) is 5.77. The predicted octanol–water partition coefficient (Wildman–Crippen LogP) is 1.10. The standard InChI is InChI=1S/C23H29FN4O6/c1-12(2)10-28-19(25)17(21(31)27(5)23(28)33)16(29)11-34-22(32)18(13(3)4)26-20(30)14-8-6-7-9-15(14)24/h6-9,12-13,18H,10-11,25H2,1-5H3,(H,26,30). The van der Waals surface area contributed by atoms with Gasteiger partial charge >= 0.3 is 11.7 Å². The lowest BCUT2D eigenvalue weighted by Gasteiger charge is -2.21. The summed E-state index contributed by atoms with van der Waals surface area (Å²) in [5.74, 6) is -4.18. The molecular weight excluding hydrogens is 447 g/mol. The van der Waals surface area contributed by atoms with E-state index in [0.717, 1.165) is 15.2 Å². The number of halogens is 1. The van der Waals surface area contributed by atoms with Gasteiger partial charge in [0.15, 0.2) is 6.61 Å². The maximum atomic E-state index is 13.9. The maximum Gasteiger partial charge on any atom is 0.332 e. The molecule has 0 aliphatic rings. The van der Waals surface area contributed by atoms with Gasteiger partial charge in [0.1, 0.15) is 23.2 Å². The molecule has 1 aromatic carbocycles. The minimum atomic E-state index is -1.19. The molecule has 184 valence electrons. The van der Waals surface area contributed by atoms with E-state index in [0.29, 0.717) is 0 Å². The summed E-state index contributed by atoms with van der Waals surface area (Å²) < 4.78 is 20.8. The quantitative estimate of drug-likeness (QED) is 0.408. The van der Waals surface area contributed by atoms with Gasteiger partial charge in [0, 0.05) is 13.6 Å². The van der Waals surface area contributed by atoms with Crippen molar-refractivity contribution in [2.45, 2.75) is 40.3 Å². The number of Topliss-reactive ketones (excluding diaryl/α,β-unsaturated/α-hetero) is 1. The van der Waals surface area contributed by atoms with E-state index < -0.39 is 58.9 Å². The van der Waals surface area contributed by atoms with Crippen molar-refractivity contribution >= 4 is 23.5 Å². The highest BCUT2D eigenvalue weighted by molar-refractivity contribution is 6.02. The first-order chi connectivity index (χ1) is 15.9. The molecule has 0 radical (unpaired) electrons. The molecule has 0 aliphatic heterocycles. The zero-order chi connectivity index (χ0) is 25.7. The summed E-state index contributed by atoms with van der Waals surface area (Å²) in [5, 5.41) is 2.41. The molecule has 1 heterocycles. The number of carbonyl (C=O) groups excluding carboxylic acids is 3. The number of aromatic nitrogens is 2. The van der Waals surface area contributed by atoms with Crippen LogP contribution in [0.4, 0.5) is 10.2 Å². The Labute approximate surface area is 195 Å². The Morgan fingerprint density at radius 2 is 1.74 bits per heavy atom. The van der Waals surface area contributed by atoms with Crippen LogP contribution in [-0.4, -0.2) is 39.4 Å². The van der Waals surface area contributed by atoms with E-state index in [-0.39, 0.29) is 23.8 Å². The second kappa shape index (κ2) is 10.9. The van der Waals surface area contributed by atoms with Crippen LogP contribution < -0.4 is 22.3 Å². The van der Waals surface area contributed by atoms with Gasteiger partial charge in [-0.05, 0) is 24.0 Å². The van der Waals surface area contributed by atoms with E-state index in [1.165, 1.54) is 25.2 Å². The molecule has 34 heavy (non-hydrogen) atoms. The average Bonchev–Trinajstić information content (AvgIpc) is 2.77. The van der Waals surface area contributed by atoms with E-state index in [1.54, 1.807) is 13.8 Å². The molecule has 0 saturated heterocycles. The van der Waals surface area contributed by atoms with Crippen LogP contribution in [-0.2, 0) is 23.1 Å². The Hall–Kier alpha value is -3.76. The summed E-state index contributed by atoms with van der Waals surface area (Å²) in [4.78, 5) is 62.7. The number of nitrogen functional groups attached to an aromatic ring is 1. The zero-order valence-electron chi connectivity index (χ0n) is 19.8. The number of ketones is 1. The first kappa shape index (κ1) is 26.5. The van der Waals surface area contributed by atoms with E-state index in [1.807, 2.05) is 13.8 Å². The Balaban J connectivity index is 2.22. The van der Waals surface area contributed by atoms with Gasteiger partial charge in [-0.15, -0.1) is 0 Å². The molecule has 0 fully saturated rings. The lowest BCUT2D eigenvalue weighted by Crippen LogP contribution is -2.46. The summed E-state index contributed by atoms with van der Waals surface area (Å²) in [7, 11) is 1.22. The lowest BCUT2D eigenvalue weighted by molar-refractivity contribution is -0.145. The van der Waals surface area contributed by atoms with E-state index in [4.69, 9.17) is 10.5 Å². The fourth-order valence-corrected chi connectivity index (χ4v) is 3.25. The van der Waals surface area contributed by atoms with Crippen LogP contribution in [0.3, 0.4) is 0 Å². The topological polar surface area (TPSA) is 142 Å². The SMILES string of the molecule is CC(C)Cn1c(N)c(C(=O)COC(=O)C(NC(=O)c2ccccc2F)C(C)C)c(=O)n(C)c1=O. The summed E-state index contributed by atoms with van der Waals surface area (Å²) in [6.07, 6.45) is 0. The minimum absolute atomic E-state index is 0.00291. The van der Waals surface area contributed by atoms with Crippen molar-refractivity contribution < 1.29 is 23.5 Å². The first-order valence-electron chi connectivity index (χ1n) is 10.7. The van der Waals surface area contributed by atoms with Crippen LogP contribution in [0.5, 0.6) is 0 Å². The molecule has 2 rings (SSSR count).